The van der Waals surface area contributed by atoms with Crippen LogP contribution in [-0.4, -0.2) is 76.0 Å². The van der Waals surface area contributed by atoms with Gasteiger partial charge in [0.1, 0.15) is 0 Å². The van der Waals surface area contributed by atoms with Gasteiger partial charge in [0, 0.05) is 38.6 Å². The van der Waals surface area contributed by atoms with Crippen molar-refractivity contribution in [2.24, 2.45) is 5.92 Å². The number of rotatable bonds is 3. The molecule has 2 aliphatic rings. The van der Waals surface area contributed by atoms with Gasteiger partial charge in [-0.05, 0) is 18.9 Å². The third-order valence-corrected chi connectivity index (χ3v) is 4.29. The van der Waals surface area contributed by atoms with E-state index in [1.165, 1.54) is 0 Å². The van der Waals surface area contributed by atoms with Crippen molar-refractivity contribution in [3.05, 3.63) is 12.4 Å². The monoisotopic (exact) mass is 375 g/mol. The molecule has 0 aromatic carbocycles. The number of morpholine rings is 1. The smallest absolute Gasteiger partial charge is 0.230 e. The van der Waals surface area contributed by atoms with E-state index >= 15 is 0 Å². The van der Waals surface area contributed by atoms with Gasteiger partial charge in [-0.2, -0.15) is 15.0 Å². The standard InChI is InChI=1S/C11H14N8O.C5H11NO/c12-9-14-5-7(6-15-9)8-16-10(13)18-11(17-8)19-1-3-20-4-2-19;7-4-5-1-2-6-3-5/h5-6H,1-4H2,(H2,12,14,15)(H2,13,16,17,18);5-7H,1-4H2. The molecule has 0 bridgehead atoms. The number of hydrogen-bond acceptors (Lipinski definition) is 11. The minimum absolute atomic E-state index is 0.160. The Morgan fingerprint density at radius 1 is 1.11 bits per heavy atom. The normalized spacial score (nSPS) is 19.4. The van der Waals surface area contributed by atoms with E-state index in [-0.39, 0.29) is 11.9 Å². The molecule has 146 valence electrons. The van der Waals surface area contributed by atoms with E-state index in [9.17, 15) is 0 Å². The van der Waals surface area contributed by atoms with Crippen LogP contribution in [0.4, 0.5) is 17.8 Å². The maximum Gasteiger partial charge on any atom is 0.230 e. The molecule has 0 saturated carbocycles. The molecule has 6 N–H and O–H groups in total. The molecule has 11 nitrogen and oxygen atoms in total. The number of aromatic nitrogens is 5. The fraction of sp³-hybridized carbons (Fsp3) is 0.562. The van der Waals surface area contributed by atoms with Gasteiger partial charge in [0.25, 0.3) is 0 Å². The molecular formula is C16H25N9O2. The highest BCUT2D eigenvalue weighted by Crippen LogP contribution is 2.18. The van der Waals surface area contributed by atoms with Crippen LogP contribution in [0.25, 0.3) is 11.4 Å². The van der Waals surface area contributed by atoms with E-state index in [1.54, 1.807) is 12.4 Å². The van der Waals surface area contributed by atoms with Crippen LogP contribution < -0.4 is 21.7 Å². The number of nitrogen functional groups attached to an aromatic ring is 2. The highest BCUT2D eigenvalue weighted by atomic mass is 16.5. The summed E-state index contributed by atoms with van der Waals surface area (Å²) in [4.78, 5) is 22.5. The maximum absolute atomic E-state index is 8.53. The second-order valence-electron chi connectivity index (χ2n) is 6.29. The molecule has 0 aliphatic carbocycles. The Balaban J connectivity index is 0.000000253. The van der Waals surface area contributed by atoms with E-state index in [0.29, 0.717) is 43.1 Å². The van der Waals surface area contributed by atoms with Gasteiger partial charge in [-0.3, -0.25) is 0 Å². The van der Waals surface area contributed by atoms with Gasteiger partial charge in [0.2, 0.25) is 17.8 Å². The number of nitrogens with two attached hydrogens (primary N) is 2. The zero-order valence-electron chi connectivity index (χ0n) is 15.1. The van der Waals surface area contributed by atoms with Gasteiger partial charge in [0.05, 0.1) is 18.8 Å². The Labute approximate surface area is 157 Å². The van der Waals surface area contributed by atoms with Crippen LogP contribution in [0.5, 0.6) is 0 Å². The summed E-state index contributed by atoms with van der Waals surface area (Å²) >= 11 is 0. The molecule has 0 amide bonds. The lowest BCUT2D eigenvalue weighted by Gasteiger charge is -2.26. The Bertz CT molecular complexity index is 716. The quantitative estimate of drug-likeness (QED) is 0.516. The molecule has 4 rings (SSSR count). The molecule has 4 heterocycles. The van der Waals surface area contributed by atoms with Crippen molar-refractivity contribution < 1.29 is 9.84 Å². The molecule has 11 heteroatoms. The summed E-state index contributed by atoms with van der Waals surface area (Å²) in [5, 5.41) is 11.7. The Morgan fingerprint density at radius 2 is 1.85 bits per heavy atom. The molecule has 0 radical (unpaired) electrons. The van der Waals surface area contributed by atoms with Crippen LogP contribution in [0.3, 0.4) is 0 Å². The maximum atomic E-state index is 8.53. The van der Waals surface area contributed by atoms with Crippen molar-refractivity contribution in [3.63, 3.8) is 0 Å². The molecule has 27 heavy (non-hydrogen) atoms. The highest BCUT2D eigenvalue weighted by Gasteiger charge is 2.16. The summed E-state index contributed by atoms with van der Waals surface area (Å²) in [5.41, 5.74) is 11.8. The average Bonchev–Trinajstić information content (AvgIpc) is 3.23. The second kappa shape index (κ2) is 9.35. The molecule has 1 atom stereocenters. The minimum atomic E-state index is 0.160. The van der Waals surface area contributed by atoms with E-state index in [2.05, 4.69) is 30.2 Å². The van der Waals surface area contributed by atoms with E-state index in [0.717, 1.165) is 32.6 Å². The van der Waals surface area contributed by atoms with Gasteiger partial charge in [0.15, 0.2) is 5.82 Å². The first-order chi connectivity index (χ1) is 13.2. The predicted octanol–water partition coefficient (Wildman–Crippen LogP) is -1.08. The molecule has 2 aromatic rings. The summed E-state index contributed by atoms with van der Waals surface area (Å²) < 4.78 is 5.30. The molecule has 2 fully saturated rings. The molecule has 1 unspecified atom stereocenters. The lowest BCUT2D eigenvalue weighted by atomic mass is 10.1. The average molecular weight is 375 g/mol. The van der Waals surface area contributed by atoms with Crippen molar-refractivity contribution in [2.45, 2.75) is 6.42 Å². The van der Waals surface area contributed by atoms with Crippen LogP contribution in [0.2, 0.25) is 0 Å². The van der Waals surface area contributed by atoms with Crippen LogP contribution in [0.1, 0.15) is 6.42 Å². The van der Waals surface area contributed by atoms with Gasteiger partial charge in [-0.1, -0.05) is 0 Å². The predicted molar refractivity (Wildman–Crippen MR) is 101 cm³/mol. The largest absolute Gasteiger partial charge is 0.396 e. The third-order valence-electron chi connectivity index (χ3n) is 4.29. The SMILES string of the molecule is Nc1ncc(-c2nc(N)nc(N3CCOCC3)n2)cn1.OCC1CCNC1. The first kappa shape index (κ1) is 19.1. The Kier molecular flexibility index (Phi) is 6.63. The van der Waals surface area contributed by atoms with Crippen molar-refractivity contribution in [1.29, 1.82) is 0 Å². The van der Waals surface area contributed by atoms with Gasteiger partial charge in [-0.15, -0.1) is 0 Å². The first-order valence-corrected chi connectivity index (χ1v) is 8.89. The number of nitrogens with zero attached hydrogens (tertiary/aromatic N) is 6. The molecular weight excluding hydrogens is 350 g/mol. The van der Waals surface area contributed by atoms with Gasteiger partial charge in [-0.25, -0.2) is 9.97 Å². The van der Waals surface area contributed by atoms with Crippen LogP contribution in [0, 0.1) is 5.92 Å². The first-order valence-electron chi connectivity index (χ1n) is 8.89. The summed E-state index contributed by atoms with van der Waals surface area (Å²) in [6, 6.07) is 0. The lowest BCUT2D eigenvalue weighted by molar-refractivity contribution is 0.122. The van der Waals surface area contributed by atoms with Crippen molar-refractivity contribution in [1.82, 2.24) is 30.2 Å². The van der Waals surface area contributed by atoms with E-state index in [1.807, 2.05) is 4.90 Å². The third kappa shape index (κ3) is 5.42. The summed E-state index contributed by atoms with van der Waals surface area (Å²) in [5.74, 6) is 1.86. The highest BCUT2D eigenvalue weighted by molar-refractivity contribution is 5.56. The van der Waals surface area contributed by atoms with E-state index < -0.39 is 0 Å². The number of ether oxygens (including phenoxy) is 1. The van der Waals surface area contributed by atoms with Crippen LogP contribution in [-0.2, 0) is 4.74 Å². The number of nitrogens with one attached hydrogen (secondary N) is 1. The minimum Gasteiger partial charge on any atom is -0.396 e. The van der Waals surface area contributed by atoms with Crippen molar-refractivity contribution in [2.75, 3.05) is 62.4 Å². The van der Waals surface area contributed by atoms with Crippen LogP contribution >= 0.6 is 0 Å². The number of aliphatic hydroxyl groups excluding tert-OH is 1. The Hall–Kier alpha value is -2.63. The second-order valence-corrected chi connectivity index (χ2v) is 6.29. The number of anilines is 3. The molecule has 2 aromatic heterocycles. The zero-order valence-corrected chi connectivity index (χ0v) is 15.1. The topological polar surface area (TPSA) is 161 Å². The zero-order chi connectivity index (χ0) is 19.1. The van der Waals surface area contributed by atoms with E-state index in [4.69, 9.17) is 21.3 Å². The summed E-state index contributed by atoms with van der Waals surface area (Å²) in [6.07, 6.45) is 4.26. The Morgan fingerprint density at radius 3 is 2.44 bits per heavy atom. The van der Waals surface area contributed by atoms with Crippen molar-refractivity contribution >= 4 is 17.8 Å². The van der Waals surface area contributed by atoms with Gasteiger partial charge >= 0.3 is 0 Å². The summed E-state index contributed by atoms with van der Waals surface area (Å²) in [6.45, 7) is 5.19. The molecule has 2 aliphatic heterocycles. The molecule has 0 spiro atoms. The number of hydrogen-bond donors (Lipinski definition) is 4. The molecule has 2 saturated heterocycles. The van der Waals surface area contributed by atoms with Crippen molar-refractivity contribution in [3.8, 4) is 11.4 Å². The fourth-order valence-corrected chi connectivity index (χ4v) is 2.74. The lowest BCUT2D eigenvalue weighted by Crippen LogP contribution is -2.37. The number of aliphatic hydroxyl groups is 1. The van der Waals surface area contributed by atoms with Gasteiger partial charge < -0.3 is 31.5 Å². The van der Waals surface area contributed by atoms with Crippen LogP contribution in [0.15, 0.2) is 12.4 Å². The summed E-state index contributed by atoms with van der Waals surface area (Å²) in [7, 11) is 0. The fourth-order valence-electron chi connectivity index (χ4n) is 2.74.